The van der Waals surface area contributed by atoms with E-state index in [1.54, 1.807) is 0 Å². The van der Waals surface area contributed by atoms with E-state index in [-0.39, 0.29) is 0 Å². The van der Waals surface area contributed by atoms with E-state index in [0.29, 0.717) is 26.1 Å². The summed E-state index contributed by atoms with van der Waals surface area (Å²) >= 11 is 0. The summed E-state index contributed by atoms with van der Waals surface area (Å²) in [6.07, 6.45) is 5.44. The van der Waals surface area contributed by atoms with Gasteiger partial charge in [-0.05, 0) is 19.3 Å². The molecule has 0 heterocycles. The van der Waals surface area contributed by atoms with Gasteiger partial charge in [-0.1, -0.05) is 52.9 Å². The first-order chi connectivity index (χ1) is 11.1. The Morgan fingerprint density at radius 1 is 0.696 bits per heavy atom. The molecule has 0 amide bonds. The Balaban J connectivity index is 3.94. The monoisotopic (exact) mass is 332 g/mol. The van der Waals surface area contributed by atoms with Gasteiger partial charge in [-0.2, -0.15) is 0 Å². The fraction of sp³-hybridized carbons (Fsp3) is 0.882. The molecule has 0 aromatic carbocycles. The molecule has 0 saturated carbocycles. The van der Waals surface area contributed by atoms with Crippen molar-refractivity contribution in [2.75, 3.05) is 13.2 Å². The van der Waals surface area contributed by atoms with Crippen LogP contribution >= 0.6 is 0 Å². The van der Waals surface area contributed by atoms with E-state index < -0.39 is 18.6 Å². The maximum atomic E-state index is 11.6. The maximum absolute atomic E-state index is 11.6. The van der Waals surface area contributed by atoms with E-state index >= 15 is 0 Å². The summed E-state index contributed by atoms with van der Waals surface area (Å²) in [5.74, 6) is 0. The van der Waals surface area contributed by atoms with E-state index in [9.17, 15) is 9.59 Å². The highest BCUT2D eigenvalue weighted by Gasteiger charge is 2.20. The van der Waals surface area contributed by atoms with Crippen molar-refractivity contribution in [2.45, 2.75) is 84.8 Å². The fourth-order valence-electron chi connectivity index (χ4n) is 1.85. The number of carbonyl (C=O) groups excluding carboxylic acids is 2. The van der Waals surface area contributed by atoms with Crippen LogP contribution in [0.3, 0.4) is 0 Å². The van der Waals surface area contributed by atoms with Crippen LogP contribution in [0.2, 0.25) is 0 Å². The van der Waals surface area contributed by atoms with E-state index in [0.717, 1.165) is 44.9 Å². The predicted octanol–water partition coefficient (Wildman–Crippen LogP) is 5.19. The van der Waals surface area contributed by atoms with Crippen LogP contribution in [0.15, 0.2) is 0 Å². The molecule has 0 saturated heterocycles. The van der Waals surface area contributed by atoms with Crippen LogP contribution in [0.1, 0.15) is 78.6 Å². The van der Waals surface area contributed by atoms with E-state index in [4.69, 9.17) is 18.9 Å². The second-order valence-electron chi connectivity index (χ2n) is 5.42. The first-order valence-corrected chi connectivity index (χ1v) is 8.80. The topological polar surface area (TPSA) is 71.1 Å². The van der Waals surface area contributed by atoms with Gasteiger partial charge in [-0.25, -0.2) is 9.59 Å². The van der Waals surface area contributed by atoms with Gasteiger partial charge in [0.15, 0.2) is 0 Å². The minimum atomic E-state index is -0.957. The molecule has 0 aliphatic carbocycles. The van der Waals surface area contributed by atoms with Crippen molar-refractivity contribution in [1.29, 1.82) is 0 Å². The first kappa shape index (κ1) is 21.5. The molecule has 0 radical (unpaired) electrons. The van der Waals surface area contributed by atoms with Crippen LogP contribution < -0.4 is 0 Å². The van der Waals surface area contributed by atoms with Crippen LogP contribution in [0.4, 0.5) is 9.59 Å². The zero-order chi connectivity index (χ0) is 17.3. The fourth-order valence-corrected chi connectivity index (χ4v) is 1.85. The van der Waals surface area contributed by atoms with Crippen LogP contribution in [-0.2, 0) is 18.9 Å². The molecule has 0 aliphatic rings. The molecule has 0 aromatic heterocycles. The lowest BCUT2D eigenvalue weighted by Crippen LogP contribution is -2.26. The molecule has 136 valence electrons. The second-order valence-corrected chi connectivity index (χ2v) is 5.42. The summed E-state index contributed by atoms with van der Waals surface area (Å²) in [7, 11) is 0. The van der Waals surface area contributed by atoms with Crippen LogP contribution in [0.5, 0.6) is 0 Å². The predicted molar refractivity (Wildman–Crippen MR) is 87.2 cm³/mol. The van der Waals surface area contributed by atoms with Gasteiger partial charge in [0.1, 0.15) is 0 Å². The Kier molecular flexibility index (Phi) is 14.5. The Morgan fingerprint density at radius 2 is 1.17 bits per heavy atom. The summed E-state index contributed by atoms with van der Waals surface area (Å²) in [6.45, 7) is 6.72. The van der Waals surface area contributed by atoms with E-state index in [1.807, 2.05) is 6.92 Å². The summed E-state index contributed by atoms with van der Waals surface area (Å²) < 4.78 is 19.9. The summed E-state index contributed by atoms with van der Waals surface area (Å²) in [5.41, 5.74) is 0. The average molecular weight is 332 g/mol. The molecule has 0 fully saturated rings. The van der Waals surface area contributed by atoms with Crippen LogP contribution in [-0.4, -0.2) is 31.8 Å². The Hall–Kier alpha value is -1.46. The second kappa shape index (κ2) is 15.4. The lowest BCUT2D eigenvalue weighted by molar-refractivity contribution is -0.107. The molecule has 0 N–H and O–H groups in total. The molecular formula is C17H32O6. The highest BCUT2D eigenvalue weighted by Crippen LogP contribution is 2.08. The Bertz CT molecular complexity index is 305. The Morgan fingerprint density at radius 3 is 1.65 bits per heavy atom. The van der Waals surface area contributed by atoms with Crippen LogP contribution in [0.25, 0.3) is 0 Å². The van der Waals surface area contributed by atoms with E-state index in [1.165, 1.54) is 0 Å². The van der Waals surface area contributed by atoms with Gasteiger partial charge in [0, 0.05) is 6.42 Å². The smallest absolute Gasteiger partial charge is 0.434 e. The van der Waals surface area contributed by atoms with Crippen molar-refractivity contribution < 1.29 is 28.5 Å². The Labute approximate surface area is 139 Å². The maximum Gasteiger partial charge on any atom is 0.511 e. The normalized spacial score (nSPS) is 11.6. The molecular weight excluding hydrogens is 300 g/mol. The van der Waals surface area contributed by atoms with Crippen molar-refractivity contribution in [3.05, 3.63) is 0 Å². The molecule has 1 atom stereocenters. The van der Waals surface area contributed by atoms with Crippen molar-refractivity contribution in [1.82, 2.24) is 0 Å². The summed E-state index contributed by atoms with van der Waals surface area (Å²) in [5, 5.41) is 0. The molecule has 23 heavy (non-hydrogen) atoms. The third-order valence-corrected chi connectivity index (χ3v) is 3.17. The lowest BCUT2D eigenvalue weighted by Gasteiger charge is -2.17. The third kappa shape index (κ3) is 13.9. The largest absolute Gasteiger partial charge is 0.511 e. The molecule has 6 nitrogen and oxygen atoms in total. The minimum Gasteiger partial charge on any atom is -0.434 e. The van der Waals surface area contributed by atoms with Crippen molar-refractivity contribution in [2.24, 2.45) is 0 Å². The molecule has 1 unspecified atom stereocenters. The SMILES string of the molecule is CCCCCCOC(=O)OC(CCC)OC(=O)OCCCCC. The number of unbranched alkanes of at least 4 members (excludes halogenated alkanes) is 5. The van der Waals surface area contributed by atoms with Gasteiger partial charge in [0.05, 0.1) is 13.2 Å². The van der Waals surface area contributed by atoms with Gasteiger partial charge in [0.25, 0.3) is 6.29 Å². The van der Waals surface area contributed by atoms with Gasteiger partial charge >= 0.3 is 12.3 Å². The zero-order valence-electron chi connectivity index (χ0n) is 14.8. The number of carbonyl (C=O) groups is 2. The van der Waals surface area contributed by atoms with Crippen LogP contribution in [0, 0.1) is 0 Å². The number of hydrogen-bond acceptors (Lipinski definition) is 6. The molecule has 0 aromatic rings. The number of rotatable bonds is 13. The molecule has 0 rings (SSSR count). The highest BCUT2D eigenvalue weighted by atomic mass is 16.8. The average Bonchev–Trinajstić information content (AvgIpc) is 2.51. The van der Waals surface area contributed by atoms with Crippen molar-refractivity contribution >= 4 is 12.3 Å². The molecule has 0 bridgehead atoms. The summed E-state index contributed by atoms with van der Waals surface area (Å²) in [6, 6.07) is 0. The summed E-state index contributed by atoms with van der Waals surface area (Å²) in [4.78, 5) is 23.1. The third-order valence-electron chi connectivity index (χ3n) is 3.17. The lowest BCUT2D eigenvalue weighted by atomic mass is 10.2. The van der Waals surface area contributed by atoms with E-state index in [2.05, 4.69) is 13.8 Å². The standard InChI is InChI=1S/C17H32O6/c1-4-7-9-11-14-21-17(19)23-15(12-6-3)22-16(18)20-13-10-8-5-2/h15H,4-14H2,1-3H3. The minimum absolute atomic E-state index is 0.313. The number of hydrogen-bond donors (Lipinski definition) is 0. The number of ether oxygens (including phenoxy) is 4. The van der Waals surface area contributed by atoms with Crippen molar-refractivity contribution in [3.63, 3.8) is 0 Å². The van der Waals surface area contributed by atoms with Crippen molar-refractivity contribution in [3.8, 4) is 0 Å². The van der Waals surface area contributed by atoms with Gasteiger partial charge in [-0.15, -0.1) is 0 Å². The first-order valence-electron chi connectivity index (χ1n) is 8.80. The molecule has 0 aliphatic heterocycles. The zero-order valence-corrected chi connectivity index (χ0v) is 14.8. The van der Waals surface area contributed by atoms with Gasteiger partial charge in [0.2, 0.25) is 0 Å². The molecule has 0 spiro atoms. The van der Waals surface area contributed by atoms with Gasteiger partial charge in [-0.3, -0.25) is 0 Å². The quantitative estimate of drug-likeness (QED) is 0.262. The van der Waals surface area contributed by atoms with Gasteiger partial charge < -0.3 is 18.9 Å². The highest BCUT2D eigenvalue weighted by molar-refractivity contribution is 5.62. The molecule has 6 heteroatoms.